The van der Waals surface area contributed by atoms with Gasteiger partial charge in [-0.05, 0) is 38.1 Å². The molecule has 21 heavy (non-hydrogen) atoms. The second-order valence-corrected chi connectivity index (χ2v) is 7.13. The lowest BCUT2D eigenvalue weighted by Crippen LogP contribution is -2.33. The molecule has 0 fully saturated rings. The summed E-state index contributed by atoms with van der Waals surface area (Å²) >= 11 is 13.6. The van der Waals surface area contributed by atoms with Crippen molar-refractivity contribution in [1.29, 1.82) is 0 Å². The van der Waals surface area contributed by atoms with Gasteiger partial charge in [0.15, 0.2) is 0 Å². The van der Waals surface area contributed by atoms with Gasteiger partial charge in [0.2, 0.25) is 0 Å². The van der Waals surface area contributed by atoms with Crippen LogP contribution in [0.2, 0.25) is 10.0 Å². The van der Waals surface area contributed by atoms with E-state index in [4.69, 9.17) is 28.9 Å². The van der Waals surface area contributed by atoms with Crippen molar-refractivity contribution in [2.45, 2.75) is 26.3 Å². The number of hydrogen-bond donors (Lipinski definition) is 2. The van der Waals surface area contributed by atoms with E-state index >= 15 is 0 Å². The molecule has 2 aromatic rings. The number of carbonyl (C=O) groups excluding carboxylic acids is 1. The molecule has 0 bridgehead atoms. The number of rotatable bonds is 4. The maximum atomic E-state index is 12.2. The van der Waals surface area contributed by atoms with Crippen molar-refractivity contribution in [2.75, 3.05) is 5.73 Å². The summed E-state index contributed by atoms with van der Waals surface area (Å²) in [4.78, 5) is 14.7. The van der Waals surface area contributed by atoms with Crippen LogP contribution < -0.4 is 11.1 Å². The van der Waals surface area contributed by atoms with Gasteiger partial charge in [-0.15, -0.1) is 11.3 Å². The van der Waals surface area contributed by atoms with Gasteiger partial charge in [-0.25, -0.2) is 0 Å². The van der Waals surface area contributed by atoms with Gasteiger partial charge in [-0.3, -0.25) is 4.79 Å². The Balaban J connectivity index is 2.04. The number of nitrogens with one attached hydrogen (secondary N) is 1. The Morgan fingerprint density at radius 2 is 1.95 bits per heavy atom. The predicted octanol–water partition coefficient (Wildman–Crippen LogP) is 4.31. The van der Waals surface area contributed by atoms with Crippen molar-refractivity contribution in [2.24, 2.45) is 0 Å². The summed E-state index contributed by atoms with van der Waals surface area (Å²) in [5.74, 6) is -0.209. The van der Waals surface area contributed by atoms with Gasteiger partial charge < -0.3 is 11.1 Å². The molecule has 3 nitrogen and oxygen atoms in total. The average molecular weight is 343 g/mol. The van der Waals surface area contributed by atoms with E-state index in [-0.39, 0.29) is 27.7 Å². The third-order valence-corrected chi connectivity index (χ3v) is 4.67. The summed E-state index contributed by atoms with van der Waals surface area (Å²) < 4.78 is 0. The van der Waals surface area contributed by atoms with Gasteiger partial charge in [0.05, 0.1) is 15.7 Å². The van der Waals surface area contributed by atoms with Crippen molar-refractivity contribution < 1.29 is 4.79 Å². The van der Waals surface area contributed by atoms with Crippen LogP contribution in [0.5, 0.6) is 0 Å². The number of nitrogen functional groups attached to an aromatic ring is 1. The molecule has 1 amide bonds. The molecule has 3 N–H and O–H groups in total. The fourth-order valence-electron chi connectivity index (χ4n) is 1.97. The molecule has 112 valence electrons. The number of nitrogens with two attached hydrogens (primary N) is 1. The third-order valence-electron chi connectivity index (χ3n) is 3.02. The molecule has 0 radical (unpaired) electrons. The highest BCUT2D eigenvalue weighted by molar-refractivity contribution is 7.11. The minimum Gasteiger partial charge on any atom is -0.396 e. The van der Waals surface area contributed by atoms with Crippen LogP contribution in [-0.4, -0.2) is 11.9 Å². The smallest absolute Gasteiger partial charge is 0.251 e. The molecule has 1 unspecified atom stereocenters. The molecule has 0 aliphatic rings. The Morgan fingerprint density at radius 3 is 2.48 bits per heavy atom. The first kappa shape index (κ1) is 16.1. The summed E-state index contributed by atoms with van der Waals surface area (Å²) in [7, 11) is 0. The molecule has 1 heterocycles. The summed E-state index contributed by atoms with van der Waals surface area (Å²) in [5, 5.41) is 3.51. The van der Waals surface area contributed by atoms with Crippen molar-refractivity contribution in [1.82, 2.24) is 5.32 Å². The molecule has 2 rings (SSSR count). The number of carbonyl (C=O) groups is 1. The lowest BCUT2D eigenvalue weighted by Gasteiger charge is -2.14. The van der Waals surface area contributed by atoms with E-state index in [0.29, 0.717) is 5.56 Å². The third kappa shape index (κ3) is 4.13. The van der Waals surface area contributed by atoms with Crippen LogP contribution >= 0.6 is 34.5 Å². The number of hydrogen-bond acceptors (Lipinski definition) is 3. The highest BCUT2D eigenvalue weighted by atomic mass is 35.5. The zero-order chi connectivity index (χ0) is 15.6. The van der Waals surface area contributed by atoms with E-state index in [2.05, 4.69) is 24.4 Å². The molecule has 0 saturated carbocycles. The standard InChI is InChI=1S/C15H16Cl2N2OS/c1-8(5-11-4-3-9(2)21-11)19-15(20)10-6-12(16)14(18)13(17)7-10/h3-4,6-8H,5,18H2,1-2H3,(H,19,20). The van der Waals surface area contributed by atoms with Crippen LogP contribution in [0.4, 0.5) is 5.69 Å². The van der Waals surface area contributed by atoms with Gasteiger partial charge in [0.25, 0.3) is 5.91 Å². The van der Waals surface area contributed by atoms with Crippen molar-refractivity contribution in [3.63, 3.8) is 0 Å². The van der Waals surface area contributed by atoms with Crippen molar-refractivity contribution in [3.8, 4) is 0 Å². The molecule has 1 aromatic heterocycles. The maximum Gasteiger partial charge on any atom is 0.251 e. The summed E-state index contributed by atoms with van der Waals surface area (Å²) in [6, 6.07) is 7.24. The molecule has 0 spiro atoms. The first-order valence-corrected chi connectivity index (χ1v) is 8.04. The van der Waals surface area contributed by atoms with Crippen molar-refractivity contribution >= 4 is 46.1 Å². The van der Waals surface area contributed by atoms with E-state index < -0.39 is 0 Å². The minimum atomic E-state index is -0.209. The number of benzene rings is 1. The second-order valence-electron chi connectivity index (χ2n) is 4.94. The number of aryl methyl sites for hydroxylation is 1. The summed E-state index contributed by atoms with van der Waals surface area (Å²) in [5.41, 5.74) is 6.36. The zero-order valence-electron chi connectivity index (χ0n) is 11.7. The first-order valence-electron chi connectivity index (χ1n) is 6.47. The van der Waals surface area contributed by atoms with Crippen LogP contribution in [0, 0.1) is 6.92 Å². The molecule has 0 saturated heterocycles. The van der Waals surface area contributed by atoms with Crippen LogP contribution in [0.15, 0.2) is 24.3 Å². The minimum absolute atomic E-state index is 0.0191. The number of halogens is 2. The van der Waals surface area contributed by atoms with Crippen LogP contribution in [0.3, 0.4) is 0 Å². The van der Waals surface area contributed by atoms with Crippen LogP contribution in [-0.2, 0) is 6.42 Å². The maximum absolute atomic E-state index is 12.2. The summed E-state index contributed by atoms with van der Waals surface area (Å²) in [6.45, 7) is 4.03. The topological polar surface area (TPSA) is 55.1 Å². The van der Waals surface area contributed by atoms with E-state index in [1.165, 1.54) is 21.9 Å². The van der Waals surface area contributed by atoms with Gasteiger partial charge >= 0.3 is 0 Å². The number of anilines is 1. The first-order chi connectivity index (χ1) is 9.86. The largest absolute Gasteiger partial charge is 0.396 e. The van der Waals surface area contributed by atoms with Crippen molar-refractivity contribution in [3.05, 3.63) is 49.6 Å². The SMILES string of the molecule is Cc1ccc(CC(C)NC(=O)c2cc(Cl)c(N)c(Cl)c2)s1. The van der Waals surface area contributed by atoms with Crippen LogP contribution in [0.1, 0.15) is 27.0 Å². The van der Waals surface area contributed by atoms with Gasteiger partial charge in [-0.1, -0.05) is 23.2 Å². The fourth-order valence-corrected chi connectivity index (χ4v) is 3.48. The Kier molecular flexibility index (Phi) is 5.14. The molecular formula is C15H16Cl2N2OS. The normalized spacial score (nSPS) is 12.2. The highest BCUT2D eigenvalue weighted by Crippen LogP contribution is 2.28. The monoisotopic (exact) mass is 342 g/mol. The van der Waals surface area contributed by atoms with Gasteiger partial charge in [-0.2, -0.15) is 0 Å². The Bertz CT molecular complexity index is 646. The lowest BCUT2D eigenvalue weighted by molar-refractivity contribution is 0.0940. The Hall–Kier alpha value is -1.23. The average Bonchev–Trinajstić information content (AvgIpc) is 2.80. The number of thiophene rings is 1. The van der Waals surface area contributed by atoms with E-state index in [0.717, 1.165) is 6.42 Å². The summed E-state index contributed by atoms with van der Waals surface area (Å²) in [6.07, 6.45) is 0.792. The molecule has 1 atom stereocenters. The molecule has 0 aliphatic carbocycles. The quantitative estimate of drug-likeness (QED) is 0.813. The fraction of sp³-hybridized carbons (Fsp3) is 0.267. The molecule has 6 heteroatoms. The Morgan fingerprint density at radius 1 is 1.33 bits per heavy atom. The zero-order valence-corrected chi connectivity index (χ0v) is 14.1. The Labute approximate surface area is 138 Å². The second kappa shape index (κ2) is 6.69. The number of amides is 1. The van der Waals surface area contributed by atoms with E-state index in [1.807, 2.05) is 6.92 Å². The molecule has 1 aromatic carbocycles. The molecule has 0 aliphatic heterocycles. The highest BCUT2D eigenvalue weighted by Gasteiger charge is 2.14. The van der Waals surface area contributed by atoms with Gasteiger partial charge in [0, 0.05) is 27.8 Å². The van der Waals surface area contributed by atoms with Crippen LogP contribution in [0.25, 0.3) is 0 Å². The lowest BCUT2D eigenvalue weighted by atomic mass is 10.1. The van der Waals surface area contributed by atoms with Gasteiger partial charge in [0.1, 0.15) is 0 Å². The molecular weight excluding hydrogens is 327 g/mol. The van der Waals surface area contributed by atoms with E-state index in [1.54, 1.807) is 11.3 Å². The van der Waals surface area contributed by atoms with E-state index in [9.17, 15) is 4.79 Å². The predicted molar refractivity (Wildman–Crippen MR) is 90.6 cm³/mol.